The Morgan fingerprint density at radius 3 is 2.00 bits per heavy atom. The van der Waals surface area contributed by atoms with Crippen LogP contribution in [0.2, 0.25) is 0 Å². The highest BCUT2D eigenvalue weighted by molar-refractivity contribution is 7.99. The molecule has 0 aliphatic rings. The summed E-state index contributed by atoms with van der Waals surface area (Å²) in [6, 6.07) is 20.6. The number of carbonyl (C=O) groups is 1. The maximum Gasteiger partial charge on any atom is 0.516 e. The number of hydrogen-bond donors (Lipinski definition) is 1. The van der Waals surface area contributed by atoms with Crippen LogP contribution in [0, 0.1) is 0 Å². The van der Waals surface area contributed by atoms with Crippen LogP contribution in [0.25, 0.3) is 11.1 Å². The largest absolute Gasteiger partial charge is 0.516 e. The summed E-state index contributed by atoms with van der Waals surface area (Å²) in [4.78, 5) is 13.2. The molecular weight excluding hydrogens is 451 g/mol. The Kier molecular flexibility index (Phi) is 6.61. The fraction of sp³-hybridized carbons (Fsp3) is 0.0952. The first-order valence-electron chi connectivity index (χ1n) is 8.75. The second kappa shape index (κ2) is 9.03. The highest BCUT2D eigenvalue weighted by Crippen LogP contribution is 2.33. The van der Waals surface area contributed by atoms with Crippen LogP contribution in [-0.4, -0.2) is 26.9 Å². The molecule has 0 aromatic heterocycles. The number of benzene rings is 3. The van der Waals surface area contributed by atoms with E-state index in [0.29, 0.717) is 4.90 Å². The summed E-state index contributed by atoms with van der Waals surface area (Å²) < 4.78 is 66.4. The van der Waals surface area contributed by atoms with Crippen molar-refractivity contribution in [3.8, 4) is 16.9 Å². The van der Waals surface area contributed by atoms with Gasteiger partial charge in [-0.2, -0.15) is 21.6 Å². The lowest BCUT2D eigenvalue weighted by atomic mass is 10.1. The zero-order chi connectivity index (χ0) is 22.6. The van der Waals surface area contributed by atoms with Crippen molar-refractivity contribution in [2.75, 3.05) is 7.11 Å². The molecule has 0 saturated carbocycles. The standard InChI is InChI=1S/C21H16F3NO4S2/c1-29-16-10-6-14(7-11-16)15-8-12-17(13-9-15)30-19-5-3-2-4-18(19)20(26)25-31(27,28)21(22,23)24/h2-13H,1H3,(H,25,26). The Bertz CT molecular complexity index is 1180. The van der Waals surface area contributed by atoms with Gasteiger partial charge in [0.25, 0.3) is 5.91 Å². The summed E-state index contributed by atoms with van der Waals surface area (Å²) in [7, 11) is -4.21. The number of amides is 1. The van der Waals surface area contributed by atoms with Crippen molar-refractivity contribution < 1.29 is 31.1 Å². The Labute approximate surface area is 181 Å². The molecule has 5 nitrogen and oxygen atoms in total. The molecule has 0 saturated heterocycles. The molecule has 0 unspecified atom stereocenters. The Hall–Kier alpha value is -2.98. The normalized spacial score (nSPS) is 11.7. The van der Waals surface area contributed by atoms with Crippen LogP contribution in [0.5, 0.6) is 5.75 Å². The fourth-order valence-electron chi connectivity index (χ4n) is 2.60. The van der Waals surface area contributed by atoms with E-state index in [1.54, 1.807) is 25.3 Å². The van der Waals surface area contributed by atoms with Gasteiger partial charge in [-0.15, -0.1) is 0 Å². The third-order valence-electron chi connectivity index (χ3n) is 4.17. The lowest BCUT2D eigenvalue weighted by molar-refractivity contribution is -0.0446. The first kappa shape index (κ1) is 22.7. The van der Waals surface area contributed by atoms with Crippen molar-refractivity contribution in [2.45, 2.75) is 15.3 Å². The average Bonchev–Trinajstić information content (AvgIpc) is 2.73. The summed E-state index contributed by atoms with van der Waals surface area (Å²) in [5.74, 6) is -0.617. The lowest BCUT2D eigenvalue weighted by Crippen LogP contribution is -2.40. The van der Waals surface area contributed by atoms with Crippen molar-refractivity contribution in [1.82, 2.24) is 4.72 Å². The maximum absolute atomic E-state index is 12.6. The number of hydrogen-bond acceptors (Lipinski definition) is 5. The van der Waals surface area contributed by atoms with Crippen LogP contribution in [0.1, 0.15) is 10.4 Å². The maximum atomic E-state index is 12.6. The van der Waals surface area contributed by atoms with E-state index < -0.39 is 21.4 Å². The minimum atomic E-state index is -5.79. The molecule has 0 bridgehead atoms. The number of halogens is 3. The van der Waals surface area contributed by atoms with Gasteiger partial charge in [0.2, 0.25) is 0 Å². The van der Waals surface area contributed by atoms with E-state index >= 15 is 0 Å². The molecule has 0 radical (unpaired) electrons. The van der Waals surface area contributed by atoms with Gasteiger partial charge in [0, 0.05) is 9.79 Å². The Balaban J connectivity index is 1.80. The highest BCUT2D eigenvalue weighted by atomic mass is 32.2. The molecule has 0 atom stereocenters. The molecule has 1 amide bonds. The van der Waals surface area contributed by atoms with E-state index in [0.717, 1.165) is 38.3 Å². The molecule has 31 heavy (non-hydrogen) atoms. The van der Waals surface area contributed by atoms with Gasteiger partial charge in [-0.1, -0.05) is 48.2 Å². The predicted octanol–water partition coefficient (Wildman–Crippen LogP) is 5.09. The molecule has 3 aromatic rings. The predicted molar refractivity (Wildman–Crippen MR) is 111 cm³/mol. The minimum Gasteiger partial charge on any atom is -0.497 e. The van der Waals surface area contributed by atoms with Crippen LogP contribution in [0.3, 0.4) is 0 Å². The third kappa shape index (κ3) is 5.39. The average molecular weight is 467 g/mol. The lowest BCUT2D eigenvalue weighted by Gasteiger charge is -2.12. The van der Waals surface area contributed by atoms with Crippen molar-refractivity contribution in [1.29, 1.82) is 0 Å². The SMILES string of the molecule is COc1ccc(-c2ccc(Sc3ccccc3C(=O)NS(=O)(=O)C(F)(F)F)cc2)cc1. The quantitative estimate of drug-likeness (QED) is 0.547. The second-order valence-electron chi connectivity index (χ2n) is 6.23. The van der Waals surface area contributed by atoms with Crippen molar-refractivity contribution >= 4 is 27.7 Å². The van der Waals surface area contributed by atoms with Crippen molar-refractivity contribution in [2.24, 2.45) is 0 Å². The molecule has 162 valence electrons. The number of carbonyl (C=O) groups excluding carboxylic acids is 1. The molecule has 10 heteroatoms. The van der Waals surface area contributed by atoms with E-state index in [4.69, 9.17) is 4.74 Å². The van der Waals surface area contributed by atoms with Gasteiger partial charge in [0.1, 0.15) is 5.75 Å². The summed E-state index contributed by atoms with van der Waals surface area (Å²) >= 11 is 1.13. The molecule has 1 N–H and O–H groups in total. The van der Waals surface area contributed by atoms with E-state index in [9.17, 15) is 26.4 Å². The van der Waals surface area contributed by atoms with Gasteiger partial charge >= 0.3 is 15.5 Å². The van der Waals surface area contributed by atoms with Gasteiger partial charge in [-0.05, 0) is 47.5 Å². The molecule has 0 spiro atoms. The monoisotopic (exact) mass is 467 g/mol. The van der Waals surface area contributed by atoms with E-state index in [2.05, 4.69) is 0 Å². The highest BCUT2D eigenvalue weighted by Gasteiger charge is 2.47. The summed E-state index contributed by atoms with van der Waals surface area (Å²) in [5.41, 5.74) is -3.86. The molecule has 0 aliphatic carbocycles. The number of sulfonamides is 1. The van der Waals surface area contributed by atoms with Gasteiger partial charge in [-0.3, -0.25) is 4.79 Å². The first-order valence-corrected chi connectivity index (χ1v) is 11.1. The first-order chi connectivity index (χ1) is 14.6. The third-order valence-corrected chi connectivity index (χ3v) is 6.32. The van der Waals surface area contributed by atoms with Gasteiger partial charge in [0.05, 0.1) is 12.7 Å². The smallest absolute Gasteiger partial charge is 0.497 e. The number of alkyl halides is 3. The Morgan fingerprint density at radius 1 is 0.903 bits per heavy atom. The van der Waals surface area contributed by atoms with Crippen molar-refractivity contribution in [3.05, 3.63) is 78.4 Å². The zero-order valence-electron chi connectivity index (χ0n) is 16.0. The van der Waals surface area contributed by atoms with E-state index in [-0.39, 0.29) is 5.56 Å². The summed E-state index contributed by atoms with van der Waals surface area (Å²) in [5, 5.41) is 0. The van der Waals surface area contributed by atoms with Crippen LogP contribution < -0.4 is 9.46 Å². The van der Waals surface area contributed by atoms with Crippen LogP contribution in [-0.2, 0) is 10.0 Å². The van der Waals surface area contributed by atoms with Crippen molar-refractivity contribution in [3.63, 3.8) is 0 Å². The van der Waals surface area contributed by atoms with Gasteiger partial charge in [-0.25, -0.2) is 4.72 Å². The summed E-state index contributed by atoms with van der Waals surface area (Å²) in [6.45, 7) is 0. The fourth-order valence-corrected chi connectivity index (χ4v) is 4.02. The van der Waals surface area contributed by atoms with Crippen LogP contribution in [0.15, 0.2) is 82.6 Å². The number of ether oxygens (including phenoxy) is 1. The van der Waals surface area contributed by atoms with E-state index in [1.807, 2.05) is 36.4 Å². The van der Waals surface area contributed by atoms with Crippen LogP contribution >= 0.6 is 11.8 Å². The summed E-state index contributed by atoms with van der Waals surface area (Å²) in [6.07, 6.45) is 0. The second-order valence-corrected chi connectivity index (χ2v) is 9.02. The van der Waals surface area contributed by atoms with Gasteiger partial charge < -0.3 is 4.74 Å². The molecule has 3 rings (SSSR count). The zero-order valence-corrected chi connectivity index (χ0v) is 17.6. The number of nitrogens with one attached hydrogen (secondary N) is 1. The molecule has 3 aromatic carbocycles. The Morgan fingerprint density at radius 2 is 1.45 bits per heavy atom. The van der Waals surface area contributed by atoms with Crippen LogP contribution in [0.4, 0.5) is 13.2 Å². The molecular formula is C21H16F3NO4S2. The number of methoxy groups -OCH3 is 1. The molecule has 0 aliphatic heterocycles. The molecule has 0 fully saturated rings. The van der Waals surface area contributed by atoms with E-state index in [1.165, 1.54) is 18.2 Å². The van der Waals surface area contributed by atoms with Gasteiger partial charge in [0.15, 0.2) is 0 Å². The number of rotatable bonds is 6. The topological polar surface area (TPSA) is 72.5 Å². The molecule has 0 heterocycles. The minimum absolute atomic E-state index is 0.181.